The lowest BCUT2D eigenvalue weighted by Gasteiger charge is -2.03. The Balaban J connectivity index is 2.43. The average Bonchev–Trinajstić information content (AvgIpc) is 2.36. The van der Waals surface area contributed by atoms with Crippen LogP contribution in [0.2, 0.25) is 0 Å². The molecular weight excluding hydrogens is 164 g/mol. The van der Waals surface area contributed by atoms with Gasteiger partial charge in [0, 0.05) is 5.75 Å². The topological polar surface area (TPSA) is 64.7 Å². The monoisotopic (exact) mass is 174 g/mol. The minimum atomic E-state index is -0.375. The number of hydrogen-bond donors (Lipinski definition) is 1. The van der Waals surface area contributed by atoms with Gasteiger partial charge < -0.3 is 10.5 Å². The summed E-state index contributed by atoms with van der Waals surface area (Å²) in [5.74, 6) is 0.338. The maximum atomic E-state index is 11.0. The number of hydrogen-bond acceptors (Lipinski definition) is 5. The van der Waals surface area contributed by atoms with Gasteiger partial charge in [0.2, 0.25) is 0 Å². The molecule has 0 aromatic rings. The molecular formula is C6H10N2O2S. The predicted octanol–water partition coefficient (Wildman–Crippen LogP) is -0.0204. The molecule has 5 heteroatoms. The smallest absolute Gasteiger partial charge is 0.331 e. The van der Waals surface area contributed by atoms with Crippen LogP contribution in [0, 0.1) is 0 Å². The Morgan fingerprint density at radius 1 is 2.00 bits per heavy atom. The van der Waals surface area contributed by atoms with Gasteiger partial charge in [-0.1, -0.05) is 11.8 Å². The highest BCUT2D eigenvalue weighted by Crippen LogP contribution is 2.15. The fourth-order valence-electron chi connectivity index (χ4n) is 0.752. The van der Waals surface area contributed by atoms with Gasteiger partial charge in [-0.2, -0.15) is 0 Å². The van der Waals surface area contributed by atoms with E-state index in [-0.39, 0.29) is 12.0 Å². The third-order valence-corrected chi connectivity index (χ3v) is 2.11. The molecule has 2 N–H and O–H groups in total. The first kappa shape index (κ1) is 8.39. The van der Waals surface area contributed by atoms with Crippen LogP contribution in [-0.2, 0) is 9.53 Å². The van der Waals surface area contributed by atoms with E-state index in [4.69, 9.17) is 10.5 Å². The average molecular weight is 174 g/mol. The molecule has 0 saturated carbocycles. The summed E-state index contributed by atoms with van der Waals surface area (Å²) in [6.45, 7) is 2.17. The van der Waals surface area contributed by atoms with E-state index in [9.17, 15) is 4.79 Å². The second kappa shape index (κ2) is 3.61. The number of carbonyl (C=O) groups excluding carboxylic acids is 1. The number of nitrogens with two attached hydrogens (primary N) is 1. The van der Waals surface area contributed by atoms with Crippen molar-refractivity contribution in [3.63, 3.8) is 0 Å². The van der Waals surface area contributed by atoms with E-state index in [2.05, 4.69) is 4.99 Å². The Bertz CT molecular complexity index is 193. The summed E-state index contributed by atoms with van der Waals surface area (Å²) >= 11 is 1.39. The number of amidine groups is 1. The zero-order valence-electron chi connectivity index (χ0n) is 6.24. The lowest BCUT2D eigenvalue weighted by Crippen LogP contribution is -2.21. The van der Waals surface area contributed by atoms with Gasteiger partial charge >= 0.3 is 5.97 Å². The standard InChI is InChI=1S/C6H10N2O2S/c1-2-10-5(9)4-3-11-6(7)8-4/h4H,2-3H2,1H3,(H2,7,8)/t4-/m0/s1. The van der Waals surface area contributed by atoms with Crippen molar-refractivity contribution in [1.29, 1.82) is 0 Å². The molecule has 4 nitrogen and oxygen atoms in total. The predicted molar refractivity (Wildman–Crippen MR) is 44.5 cm³/mol. The zero-order valence-corrected chi connectivity index (χ0v) is 7.06. The molecule has 1 atom stereocenters. The zero-order chi connectivity index (χ0) is 8.27. The van der Waals surface area contributed by atoms with Crippen molar-refractivity contribution in [2.75, 3.05) is 12.4 Å². The summed E-state index contributed by atoms with van der Waals surface area (Å²) in [6.07, 6.45) is 0. The molecule has 1 heterocycles. The molecule has 1 aliphatic heterocycles. The second-order valence-electron chi connectivity index (χ2n) is 2.05. The van der Waals surface area contributed by atoms with E-state index < -0.39 is 0 Å². The minimum Gasteiger partial charge on any atom is -0.464 e. The summed E-state index contributed by atoms with van der Waals surface area (Å²) in [5, 5.41) is 0.475. The highest BCUT2D eigenvalue weighted by molar-refractivity contribution is 8.14. The van der Waals surface area contributed by atoms with Gasteiger partial charge in [0.25, 0.3) is 0 Å². The molecule has 0 aliphatic carbocycles. The molecule has 0 amide bonds. The summed E-state index contributed by atoms with van der Waals surface area (Å²) in [5.41, 5.74) is 5.36. The van der Waals surface area contributed by atoms with Crippen molar-refractivity contribution in [2.45, 2.75) is 13.0 Å². The Kier molecular flexibility index (Phi) is 2.76. The van der Waals surface area contributed by atoms with Crippen molar-refractivity contribution in [3.8, 4) is 0 Å². The molecule has 0 aromatic carbocycles. The highest BCUT2D eigenvalue weighted by Gasteiger charge is 2.24. The highest BCUT2D eigenvalue weighted by atomic mass is 32.2. The molecule has 0 aromatic heterocycles. The van der Waals surface area contributed by atoms with Crippen LogP contribution in [-0.4, -0.2) is 29.5 Å². The lowest BCUT2D eigenvalue weighted by atomic mass is 10.4. The molecule has 1 aliphatic rings. The van der Waals surface area contributed by atoms with Crippen LogP contribution < -0.4 is 5.73 Å². The van der Waals surface area contributed by atoms with Crippen molar-refractivity contribution in [2.24, 2.45) is 10.7 Å². The van der Waals surface area contributed by atoms with Crippen LogP contribution in [0.3, 0.4) is 0 Å². The molecule has 0 saturated heterocycles. The van der Waals surface area contributed by atoms with E-state index >= 15 is 0 Å². The van der Waals surface area contributed by atoms with Crippen molar-refractivity contribution in [3.05, 3.63) is 0 Å². The Morgan fingerprint density at radius 3 is 3.18 bits per heavy atom. The van der Waals surface area contributed by atoms with Gasteiger partial charge in [-0.15, -0.1) is 0 Å². The van der Waals surface area contributed by atoms with E-state index in [0.717, 1.165) is 0 Å². The van der Waals surface area contributed by atoms with Crippen LogP contribution in [0.25, 0.3) is 0 Å². The maximum Gasteiger partial charge on any atom is 0.331 e. The van der Waals surface area contributed by atoms with Gasteiger partial charge in [0.05, 0.1) is 6.61 Å². The van der Waals surface area contributed by atoms with E-state index in [0.29, 0.717) is 17.5 Å². The molecule has 0 bridgehead atoms. The maximum absolute atomic E-state index is 11.0. The summed E-state index contributed by atoms with van der Waals surface area (Å²) in [7, 11) is 0. The molecule has 0 radical (unpaired) electrons. The van der Waals surface area contributed by atoms with Gasteiger partial charge in [0.1, 0.15) is 0 Å². The number of nitrogens with zero attached hydrogens (tertiary/aromatic N) is 1. The van der Waals surface area contributed by atoms with Gasteiger partial charge in [-0.3, -0.25) is 0 Å². The van der Waals surface area contributed by atoms with Crippen LogP contribution >= 0.6 is 11.8 Å². The number of aliphatic imine (C=N–C) groups is 1. The molecule has 0 unspecified atom stereocenters. The minimum absolute atomic E-state index is 0.277. The molecule has 62 valence electrons. The second-order valence-corrected chi connectivity index (χ2v) is 3.09. The van der Waals surface area contributed by atoms with Crippen LogP contribution in [0.15, 0.2) is 4.99 Å². The van der Waals surface area contributed by atoms with Crippen molar-refractivity contribution in [1.82, 2.24) is 0 Å². The van der Waals surface area contributed by atoms with Crippen molar-refractivity contribution >= 4 is 22.9 Å². The van der Waals surface area contributed by atoms with Gasteiger partial charge in [0.15, 0.2) is 11.2 Å². The first-order valence-corrected chi connectivity index (χ1v) is 4.35. The number of carbonyl (C=O) groups is 1. The van der Waals surface area contributed by atoms with E-state index in [1.807, 2.05) is 0 Å². The number of rotatable bonds is 2. The first-order valence-electron chi connectivity index (χ1n) is 3.36. The number of ether oxygens (including phenoxy) is 1. The SMILES string of the molecule is CCOC(=O)[C@@H]1CSC(N)=N1. The molecule has 0 spiro atoms. The van der Waals surface area contributed by atoms with Crippen LogP contribution in [0.5, 0.6) is 0 Å². The lowest BCUT2D eigenvalue weighted by molar-refractivity contribution is -0.143. The third kappa shape index (κ3) is 2.11. The molecule has 0 fully saturated rings. The van der Waals surface area contributed by atoms with Crippen LogP contribution in [0.4, 0.5) is 0 Å². The Morgan fingerprint density at radius 2 is 2.73 bits per heavy atom. The fraction of sp³-hybridized carbons (Fsp3) is 0.667. The van der Waals surface area contributed by atoms with E-state index in [1.165, 1.54) is 11.8 Å². The number of esters is 1. The molecule has 1 rings (SSSR count). The summed E-state index contributed by atoms with van der Waals surface area (Å²) in [6, 6.07) is -0.375. The summed E-state index contributed by atoms with van der Waals surface area (Å²) < 4.78 is 4.76. The summed E-state index contributed by atoms with van der Waals surface area (Å²) in [4.78, 5) is 14.9. The molecule has 11 heavy (non-hydrogen) atoms. The Hall–Kier alpha value is -0.710. The normalized spacial score (nSPS) is 23.0. The Labute approximate surface area is 69.2 Å². The largest absolute Gasteiger partial charge is 0.464 e. The van der Waals surface area contributed by atoms with Gasteiger partial charge in [-0.25, -0.2) is 9.79 Å². The quantitative estimate of drug-likeness (QED) is 0.597. The third-order valence-electron chi connectivity index (χ3n) is 1.23. The first-order chi connectivity index (χ1) is 5.24. The van der Waals surface area contributed by atoms with Gasteiger partial charge in [-0.05, 0) is 6.92 Å². The van der Waals surface area contributed by atoms with E-state index in [1.54, 1.807) is 6.92 Å². The van der Waals surface area contributed by atoms with Crippen LogP contribution in [0.1, 0.15) is 6.92 Å². The van der Waals surface area contributed by atoms with Crippen molar-refractivity contribution < 1.29 is 9.53 Å². The number of thioether (sulfide) groups is 1. The fourth-order valence-corrected chi connectivity index (χ4v) is 1.49.